The first-order valence-corrected chi connectivity index (χ1v) is 5.69. The maximum atomic E-state index is 11.7. The monoisotopic (exact) mass is 213 g/mol. The standard InChI is InChI=1S/C11H19NO3/c1-2-3-7-10(13)12-8-5-4-6-9(12)11(14)15/h9H,2-8H2,1H3,(H,14,15). The Kier molecular flexibility index (Phi) is 4.59. The zero-order valence-corrected chi connectivity index (χ0v) is 9.24. The molecule has 1 heterocycles. The highest BCUT2D eigenvalue weighted by Gasteiger charge is 2.31. The number of likely N-dealkylation sites (tertiary alicyclic amines) is 1. The minimum Gasteiger partial charge on any atom is -0.480 e. The highest BCUT2D eigenvalue weighted by Crippen LogP contribution is 2.18. The third kappa shape index (κ3) is 3.22. The van der Waals surface area contributed by atoms with Gasteiger partial charge in [-0.15, -0.1) is 0 Å². The number of carbonyl (C=O) groups excluding carboxylic acids is 1. The van der Waals surface area contributed by atoms with Crippen molar-refractivity contribution in [3.8, 4) is 0 Å². The number of aliphatic carboxylic acids is 1. The van der Waals surface area contributed by atoms with Crippen LogP contribution in [0.25, 0.3) is 0 Å². The van der Waals surface area contributed by atoms with E-state index >= 15 is 0 Å². The molecule has 1 amide bonds. The molecule has 0 saturated carbocycles. The largest absolute Gasteiger partial charge is 0.480 e. The zero-order valence-electron chi connectivity index (χ0n) is 9.24. The van der Waals surface area contributed by atoms with E-state index in [1.165, 1.54) is 0 Å². The van der Waals surface area contributed by atoms with Crippen LogP contribution >= 0.6 is 0 Å². The van der Waals surface area contributed by atoms with Gasteiger partial charge in [0.1, 0.15) is 6.04 Å². The topological polar surface area (TPSA) is 57.6 Å². The lowest BCUT2D eigenvalue weighted by Gasteiger charge is -2.33. The molecule has 0 aromatic carbocycles. The van der Waals surface area contributed by atoms with E-state index in [2.05, 4.69) is 0 Å². The second-order valence-corrected chi connectivity index (χ2v) is 4.04. The molecule has 86 valence electrons. The van der Waals surface area contributed by atoms with Crippen molar-refractivity contribution in [3.05, 3.63) is 0 Å². The predicted octanol–water partition coefficient (Wildman–Crippen LogP) is 1.64. The number of hydrogen-bond donors (Lipinski definition) is 1. The SMILES string of the molecule is CCCCC(=O)N1CCCCC1C(=O)O. The molecule has 0 aromatic heterocycles. The van der Waals surface area contributed by atoms with E-state index in [1.807, 2.05) is 6.92 Å². The Morgan fingerprint density at radius 2 is 2.13 bits per heavy atom. The van der Waals surface area contributed by atoms with Crippen molar-refractivity contribution in [2.75, 3.05) is 6.54 Å². The lowest BCUT2D eigenvalue weighted by molar-refractivity contribution is -0.152. The van der Waals surface area contributed by atoms with Crippen molar-refractivity contribution in [2.45, 2.75) is 51.5 Å². The van der Waals surface area contributed by atoms with Crippen molar-refractivity contribution in [2.24, 2.45) is 0 Å². The van der Waals surface area contributed by atoms with Gasteiger partial charge in [-0.2, -0.15) is 0 Å². The van der Waals surface area contributed by atoms with E-state index in [-0.39, 0.29) is 5.91 Å². The van der Waals surface area contributed by atoms with E-state index in [0.717, 1.165) is 25.7 Å². The van der Waals surface area contributed by atoms with Crippen LogP contribution in [-0.2, 0) is 9.59 Å². The van der Waals surface area contributed by atoms with E-state index < -0.39 is 12.0 Å². The number of unbranched alkanes of at least 4 members (excludes halogenated alkanes) is 1. The summed E-state index contributed by atoms with van der Waals surface area (Å²) in [6.45, 7) is 2.64. The number of piperidine rings is 1. The van der Waals surface area contributed by atoms with Gasteiger partial charge in [-0.1, -0.05) is 13.3 Å². The first-order valence-electron chi connectivity index (χ1n) is 5.69. The van der Waals surface area contributed by atoms with Gasteiger partial charge in [0.25, 0.3) is 0 Å². The van der Waals surface area contributed by atoms with Crippen molar-refractivity contribution in [1.82, 2.24) is 4.90 Å². The number of carboxylic acid groups (broad SMARTS) is 1. The summed E-state index contributed by atoms with van der Waals surface area (Å²) >= 11 is 0. The summed E-state index contributed by atoms with van der Waals surface area (Å²) in [6, 6.07) is -0.580. The molecule has 1 aliphatic rings. The molecule has 0 spiro atoms. The first kappa shape index (κ1) is 12.0. The molecule has 0 aliphatic carbocycles. The maximum Gasteiger partial charge on any atom is 0.326 e. The fourth-order valence-corrected chi connectivity index (χ4v) is 1.96. The summed E-state index contributed by atoms with van der Waals surface area (Å²) in [4.78, 5) is 24.2. The molecule has 1 saturated heterocycles. The second kappa shape index (κ2) is 5.73. The summed E-state index contributed by atoms with van der Waals surface area (Å²) in [5, 5.41) is 8.99. The molecule has 0 bridgehead atoms. The minimum absolute atomic E-state index is 0.00366. The van der Waals surface area contributed by atoms with Crippen molar-refractivity contribution in [1.29, 1.82) is 0 Å². The molecule has 0 radical (unpaired) electrons. The zero-order chi connectivity index (χ0) is 11.3. The van der Waals surface area contributed by atoms with Crippen LogP contribution < -0.4 is 0 Å². The van der Waals surface area contributed by atoms with Gasteiger partial charge in [-0.3, -0.25) is 4.79 Å². The normalized spacial score (nSPS) is 21.4. The number of rotatable bonds is 4. The molecule has 15 heavy (non-hydrogen) atoms. The van der Waals surface area contributed by atoms with Crippen molar-refractivity contribution in [3.63, 3.8) is 0 Å². The second-order valence-electron chi connectivity index (χ2n) is 4.04. The molecule has 4 heteroatoms. The Labute approximate surface area is 90.3 Å². The fourth-order valence-electron chi connectivity index (χ4n) is 1.96. The molecular formula is C11H19NO3. The van der Waals surface area contributed by atoms with E-state index in [0.29, 0.717) is 19.4 Å². The smallest absolute Gasteiger partial charge is 0.326 e. The summed E-state index contributed by atoms with van der Waals surface area (Å²) in [6.07, 6.45) is 4.75. The number of carbonyl (C=O) groups is 2. The third-order valence-corrected chi connectivity index (χ3v) is 2.85. The number of amides is 1. The van der Waals surface area contributed by atoms with Crippen LogP contribution in [0.1, 0.15) is 45.4 Å². The summed E-state index contributed by atoms with van der Waals surface area (Å²) in [5.74, 6) is -0.858. The van der Waals surface area contributed by atoms with Crippen LogP contribution in [0.5, 0.6) is 0 Å². The van der Waals surface area contributed by atoms with Gasteiger partial charge in [0.15, 0.2) is 0 Å². The summed E-state index contributed by atoms with van der Waals surface area (Å²) in [7, 11) is 0. The van der Waals surface area contributed by atoms with Crippen LogP contribution in [0.4, 0.5) is 0 Å². The lowest BCUT2D eigenvalue weighted by Crippen LogP contribution is -2.47. The van der Waals surface area contributed by atoms with Gasteiger partial charge in [0.2, 0.25) is 5.91 Å². The Balaban J connectivity index is 2.55. The fraction of sp³-hybridized carbons (Fsp3) is 0.818. The van der Waals surface area contributed by atoms with Gasteiger partial charge in [-0.05, 0) is 25.7 Å². The predicted molar refractivity (Wildman–Crippen MR) is 56.5 cm³/mol. The Morgan fingerprint density at radius 1 is 1.40 bits per heavy atom. The van der Waals surface area contributed by atoms with E-state index in [4.69, 9.17) is 5.11 Å². The molecule has 0 aromatic rings. The van der Waals surface area contributed by atoms with Gasteiger partial charge >= 0.3 is 5.97 Å². The summed E-state index contributed by atoms with van der Waals surface area (Å²) < 4.78 is 0. The average Bonchev–Trinajstić information content (AvgIpc) is 2.25. The van der Waals surface area contributed by atoms with Crippen LogP contribution in [0.2, 0.25) is 0 Å². The van der Waals surface area contributed by atoms with Crippen LogP contribution in [0, 0.1) is 0 Å². The van der Waals surface area contributed by atoms with Crippen LogP contribution in [0.15, 0.2) is 0 Å². The van der Waals surface area contributed by atoms with Gasteiger partial charge in [0.05, 0.1) is 0 Å². The average molecular weight is 213 g/mol. The molecule has 1 N–H and O–H groups in total. The van der Waals surface area contributed by atoms with Gasteiger partial charge < -0.3 is 10.0 Å². The van der Waals surface area contributed by atoms with Crippen molar-refractivity contribution >= 4 is 11.9 Å². The first-order chi connectivity index (χ1) is 7.16. The molecule has 1 fully saturated rings. The third-order valence-electron chi connectivity index (χ3n) is 2.85. The highest BCUT2D eigenvalue weighted by molar-refractivity contribution is 5.83. The Morgan fingerprint density at radius 3 is 2.73 bits per heavy atom. The quantitative estimate of drug-likeness (QED) is 0.772. The Hall–Kier alpha value is -1.06. The number of hydrogen-bond acceptors (Lipinski definition) is 2. The number of nitrogens with zero attached hydrogens (tertiary/aromatic N) is 1. The molecule has 1 atom stereocenters. The molecule has 1 aliphatic heterocycles. The molecule has 1 unspecified atom stereocenters. The highest BCUT2D eigenvalue weighted by atomic mass is 16.4. The van der Waals surface area contributed by atoms with Crippen LogP contribution in [0.3, 0.4) is 0 Å². The van der Waals surface area contributed by atoms with Gasteiger partial charge in [0, 0.05) is 13.0 Å². The minimum atomic E-state index is -0.862. The lowest BCUT2D eigenvalue weighted by atomic mass is 10.0. The van der Waals surface area contributed by atoms with E-state index in [9.17, 15) is 9.59 Å². The van der Waals surface area contributed by atoms with E-state index in [1.54, 1.807) is 4.90 Å². The Bertz CT molecular complexity index is 240. The molecular weight excluding hydrogens is 194 g/mol. The molecule has 1 rings (SSSR count). The van der Waals surface area contributed by atoms with Crippen molar-refractivity contribution < 1.29 is 14.7 Å². The molecule has 4 nitrogen and oxygen atoms in total. The maximum absolute atomic E-state index is 11.7. The number of carboxylic acids is 1. The summed E-state index contributed by atoms with van der Waals surface area (Å²) in [5.41, 5.74) is 0. The van der Waals surface area contributed by atoms with Crippen LogP contribution in [-0.4, -0.2) is 34.5 Å². The van der Waals surface area contributed by atoms with Gasteiger partial charge in [-0.25, -0.2) is 4.79 Å².